The molecule has 1 unspecified atom stereocenters. The molecule has 1 aliphatic carbocycles. The summed E-state index contributed by atoms with van der Waals surface area (Å²) in [7, 11) is 0. The van der Waals surface area contributed by atoms with Crippen LogP contribution in [0.25, 0.3) is 0 Å². The van der Waals surface area contributed by atoms with E-state index in [1.165, 1.54) is 4.88 Å². The number of aliphatic hydroxyl groups excluding tert-OH is 1. The molecular formula is C10H16N2OS. The second-order valence-corrected chi connectivity index (χ2v) is 5.35. The van der Waals surface area contributed by atoms with Crippen LogP contribution in [-0.4, -0.2) is 22.2 Å². The number of hydrogen-bond acceptors (Lipinski definition) is 4. The maximum atomic E-state index is 9.18. The minimum Gasteiger partial charge on any atom is -0.394 e. The van der Waals surface area contributed by atoms with Gasteiger partial charge in [0.25, 0.3) is 0 Å². The lowest BCUT2D eigenvalue weighted by atomic mass is 10.2. The van der Waals surface area contributed by atoms with E-state index in [0.29, 0.717) is 6.04 Å². The van der Waals surface area contributed by atoms with Crippen LogP contribution in [0.15, 0.2) is 6.20 Å². The van der Waals surface area contributed by atoms with Crippen LogP contribution >= 0.6 is 11.3 Å². The lowest BCUT2D eigenvalue weighted by molar-refractivity contribution is 0.221. The zero-order valence-electron chi connectivity index (χ0n) is 8.58. The van der Waals surface area contributed by atoms with Crippen molar-refractivity contribution in [2.45, 2.75) is 38.3 Å². The first kappa shape index (κ1) is 10.1. The molecule has 1 aromatic heterocycles. The highest BCUT2D eigenvalue weighted by Crippen LogP contribution is 2.37. The summed E-state index contributed by atoms with van der Waals surface area (Å²) in [6.45, 7) is 4.39. The third-order valence-corrected chi connectivity index (χ3v) is 3.84. The van der Waals surface area contributed by atoms with Crippen molar-refractivity contribution in [3.63, 3.8) is 0 Å². The number of aryl methyl sites for hydroxylation is 1. The molecule has 78 valence electrons. The maximum Gasteiger partial charge on any atom is 0.0897 e. The van der Waals surface area contributed by atoms with Gasteiger partial charge in [0.15, 0.2) is 0 Å². The molecule has 2 N–H and O–H groups in total. The van der Waals surface area contributed by atoms with Crippen molar-refractivity contribution < 1.29 is 5.11 Å². The average molecular weight is 212 g/mol. The Balaban J connectivity index is 1.99. The third kappa shape index (κ3) is 1.97. The summed E-state index contributed by atoms with van der Waals surface area (Å²) in [5.74, 6) is 0. The fraction of sp³-hybridized carbons (Fsp3) is 0.700. The van der Waals surface area contributed by atoms with E-state index in [1.54, 1.807) is 11.3 Å². The molecule has 0 aromatic carbocycles. The molecule has 1 atom stereocenters. The van der Waals surface area contributed by atoms with Crippen molar-refractivity contribution in [1.82, 2.24) is 10.3 Å². The number of aromatic nitrogens is 1. The largest absolute Gasteiger partial charge is 0.394 e. The van der Waals surface area contributed by atoms with Gasteiger partial charge in [-0.25, -0.2) is 4.98 Å². The summed E-state index contributed by atoms with van der Waals surface area (Å²) >= 11 is 1.72. The smallest absolute Gasteiger partial charge is 0.0897 e. The molecule has 1 saturated carbocycles. The summed E-state index contributed by atoms with van der Waals surface area (Å²) in [6.07, 6.45) is 4.10. The quantitative estimate of drug-likeness (QED) is 0.797. The first-order valence-corrected chi connectivity index (χ1v) is 5.78. The van der Waals surface area contributed by atoms with Crippen LogP contribution in [0.4, 0.5) is 0 Å². The van der Waals surface area contributed by atoms with E-state index in [0.717, 1.165) is 17.8 Å². The highest BCUT2D eigenvalue weighted by atomic mass is 32.1. The molecule has 3 nitrogen and oxygen atoms in total. The summed E-state index contributed by atoms with van der Waals surface area (Å²) < 4.78 is 0. The first-order chi connectivity index (χ1) is 6.65. The van der Waals surface area contributed by atoms with Gasteiger partial charge >= 0.3 is 0 Å². The fourth-order valence-electron chi connectivity index (χ4n) is 1.61. The molecule has 2 rings (SSSR count). The van der Waals surface area contributed by atoms with Gasteiger partial charge in [-0.3, -0.25) is 0 Å². The Hall–Kier alpha value is -0.450. The SMILES string of the molecule is Cc1ncc(C(C)NC2(CO)CC2)s1. The van der Waals surface area contributed by atoms with Crippen LogP contribution in [0.1, 0.15) is 35.7 Å². The molecular weight excluding hydrogens is 196 g/mol. The molecule has 0 saturated heterocycles. The zero-order chi connectivity index (χ0) is 10.2. The van der Waals surface area contributed by atoms with E-state index in [4.69, 9.17) is 0 Å². The molecule has 4 heteroatoms. The number of rotatable bonds is 4. The third-order valence-electron chi connectivity index (χ3n) is 2.74. The van der Waals surface area contributed by atoms with Gasteiger partial charge in [0.1, 0.15) is 0 Å². The van der Waals surface area contributed by atoms with E-state index in [2.05, 4.69) is 17.2 Å². The summed E-state index contributed by atoms with van der Waals surface area (Å²) in [5, 5.41) is 13.7. The Kier molecular flexibility index (Phi) is 2.60. The molecule has 0 radical (unpaired) electrons. The van der Waals surface area contributed by atoms with Gasteiger partial charge in [0, 0.05) is 22.7 Å². The van der Waals surface area contributed by atoms with Gasteiger partial charge in [-0.05, 0) is 26.7 Å². The van der Waals surface area contributed by atoms with Crippen molar-refractivity contribution in [3.8, 4) is 0 Å². The van der Waals surface area contributed by atoms with Gasteiger partial charge in [0.2, 0.25) is 0 Å². The number of aliphatic hydroxyl groups is 1. The lowest BCUT2D eigenvalue weighted by Crippen LogP contribution is -2.36. The van der Waals surface area contributed by atoms with Crippen LogP contribution in [0.5, 0.6) is 0 Å². The van der Waals surface area contributed by atoms with Crippen LogP contribution in [0.2, 0.25) is 0 Å². The van der Waals surface area contributed by atoms with Gasteiger partial charge in [-0.1, -0.05) is 0 Å². The van der Waals surface area contributed by atoms with Gasteiger partial charge in [-0.15, -0.1) is 11.3 Å². The van der Waals surface area contributed by atoms with Crippen LogP contribution < -0.4 is 5.32 Å². The predicted octanol–water partition coefficient (Wildman–Crippen LogP) is 1.63. The lowest BCUT2D eigenvalue weighted by Gasteiger charge is -2.19. The van der Waals surface area contributed by atoms with Crippen LogP contribution in [0.3, 0.4) is 0 Å². The maximum absolute atomic E-state index is 9.18. The number of nitrogens with one attached hydrogen (secondary N) is 1. The Labute approximate surface area is 88.2 Å². The molecule has 1 heterocycles. The van der Waals surface area contributed by atoms with Crippen LogP contribution in [0, 0.1) is 6.92 Å². The van der Waals surface area contributed by atoms with E-state index < -0.39 is 0 Å². The van der Waals surface area contributed by atoms with E-state index in [9.17, 15) is 5.11 Å². The minimum absolute atomic E-state index is 0.0112. The first-order valence-electron chi connectivity index (χ1n) is 4.96. The van der Waals surface area contributed by atoms with E-state index >= 15 is 0 Å². The van der Waals surface area contributed by atoms with E-state index in [-0.39, 0.29) is 12.1 Å². The van der Waals surface area contributed by atoms with E-state index in [1.807, 2.05) is 13.1 Å². The Morgan fingerprint density at radius 1 is 1.71 bits per heavy atom. The van der Waals surface area contributed by atoms with Crippen molar-refractivity contribution in [2.75, 3.05) is 6.61 Å². The van der Waals surface area contributed by atoms with Gasteiger partial charge in [0.05, 0.1) is 11.6 Å². The van der Waals surface area contributed by atoms with Crippen molar-refractivity contribution >= 4 is 11.3 Å². The fourth-order valence-corrected chi connectivity index (χ4v) is 2.39. The highest BCUT2D eigenvalue weighted by Gasteiger charge is 2.42. The Morgan fingerprint density at radius 3 is 2.86 bits per heavy atom. The number of thiazole rings is 1. The topological polar surface area (TPSA) is 45.2 Å². The minimum atomic E-state index is 0.0112. The monoisotopic (exact) mass is 212 g/mol. The predicted molar refractivity (Wildman–Crippen MR) is 57.5 cm³/mol. The molecule has 0 aliphatic heterocycles. The Bertz CT molecular complexity index is 320. The summed E-state index contributed by atoms with van der Waals surface area (Å²) in [6, 6.07) is 0.302. The normalized spacial score (nSPS) is 20.8. The molecule has 0 amide bonds. The van der Waals surface area contributed by atoms with Crippen molar-refractivity contribution in [2.24, 2.45) is 0 Å². The van der Waals surface area contributed by atoms with Gasteiger partial charge in [-0.2, -0.15) is 0 Å². The molecule has 1 fully saturated rings. The number of nitrogens with zero attached hydrogens (tertiary/aromatic N) is 1. The Morgan fingerprint density at radius 2 is 2.43 bits per heavy atom. The van der Waals surface area contributed by atoms with Gasteiger partial charge < -0.3 is 10.4 Å². The second-order valence-electron chi connectivity index (χ2n) is 4.09. The zero-order valence-corrected chi connectivity index (χ0v) is 9.40. The molecule has 14 heavy (non-hydrogen) atoms. The van der Waals surface area contributed by atoms with Crippen molar-refractivity contribution in [3.05, 3.63) is 16.1 Å². The summed E-state index contributed by atoms with van der Waals surface area (Å²) in [4.78, 5) is 5.48. The number of hydrogen-bond donors (Lipinski definition) is 2. The molecule has 0 spiro atoms. The summed E-state index contributed by atoms with van der Waals surface area (Å²) in [5.41, 5.74) is 0.0112. The molecule has 1 aromatic rings. The van der Waals surface area contributed by atoms with Crippen LogP contribution in [-0.2, 0) is 0 Å². The standard InChI is InChI=1S/C10H16N2OS/c1-7(9-5-11-8(2)14-9)12-10(6-13)3-4-10/h5,7,12-13H,3-4,6H2,1-2H3. The molecule has 1 aliphatic rings. The average Bonchev–Trinajstić information content (AvgIpc) is 2.80. The van der Waals surface area contributed by atoms with Crippen molar-refractivity contribution in [1.29, 1.82) is 0 Å². The highest BCUT2D eigenvalue weighted by molar-refractivity contribution is 7.11. The second kappa shape index (κ2) is 3.61. The molecule has 0 bridgehead atoms.